The molecule has 10 nitrogen and oxygen atoms in total. The summed E-state index contributed by atoms with van der Waals surface area (Å²) in [5, 5.41) is 17.1. The molecule has 3 N–H and O–H groups in total. The SMILES string of the molecule is CC(C)(C)OC(=O)N1CC(Cn2nc(COc3ccccc3CC(=O)O)c3cc(-c4cccc5c(N)nccc45)ccc32)C1. The molecule has 1 aliphatic heterocycles. The first-order valence-electron chi connectivity index (χ1n) is 14.6. The second kappa shape index (κ2) is 11.5. The Morgan fingerprint density at radius 3 is 2.57 bits per heavy atom. The molecule has 0 bridgehead atoms. The Morgan fingerprint density at radius 1 is 1.00 bits per heavy atom. The number of likely N-dealkylation sites (tertiary alicyclic amines) is 1. The largest absolute Gasteiger partial charge is 0.487 e. The van der Waals surface area contributed by atoms with Crippen molar-refractivity contribution in [3.63, 3.8) is 0 Å². The van der Waals surface area contributed by atoms with Crippen molar-refractivity contribution in [2.24, 2.45) is 5.92 Å². The highest BCUT2D eigenvalue weighted by Crippen LogP contribution is 2.34. The first-order valence-corrected chi connectivity index (χ1v) is 14.6. The number of carbonyl (C=O) groups excluding carboxylic acids is 1. The zero-order valence-corrected chi connectivity index (χ0v) is 25.0. The average molecular weight is 594 g/mol. The summed E-state index contributed by atoms with van der Waals surface area (Å²) in [6.07, 6.45) is 1.28. The number of aromatic nitrogens is 3. The summed E-state index contributed by atoms with van der Waals surface area (Å²) in [6, 6.07) is 21.4. The summed E-state index contributed by atoms with van der Waals surface area (Å²) in [4.78, 5) is 29.8. The lowest BCUT2D eigenvalue weighted by atomic mass is 9.97. The average Bonchev–Trinajstić information content (AvgIpc) is 3.29. The highest BCUT2D eigenvalue weighted by atomic mass is 16.6. The van der Waals surface area contributed by atoms with Crippen molar-refractivity contribution < 1.29 is 24.2 Å². The number of nitrogen functional groups attached to an aromatic ring is 1. The number of hydrogen-bond acceptors (Lipinski definition) is 7. The number of nitrogens with two attached hydrogens (primary N) is 1. The van der Waals surface area contributed by atoms with Gasteiger partial charge in [-0.3, -0.25) is 9.48 Å². The molecule has 0 unspecified atom stereocenters. The number of hydrogen-bond donors (Lipinski definition) is 2. The molecule has 0 saturated carbocycles. The number of para-hydroxylation sites is 1. The summed E-state index contributed by atoms with van der Waals surface area (Å²) >= 11 is 0. The molecule has 6 rings (SSSR count). The van der Waals surface area contributed by atoms with Crippen LogP contribution in [0.3, 0.4) is 0 Å². The van der Waals surface area contributed by atoms with Crippen LogP contribution < -0.4 is 10.5 Å². The van der Waals surface area contributed by atoms with Gasteiger partial charge in [0, 0.05) is 48.1 Å². The monoisotopic (exact) mass is 593 g/mol. The van der Waals surface area contributed by atoms with Gasteiger partial charge in [-0.2, -0.15) is 5.10 Å². The quantitative estimate of drug-likeness (QED) is 0.227. The summed E-state index contributed by atoms with van der Waals surface area (Å²) in [6.45, 7) is 7.55. The van der Waals surface area contributed by atoms with Crippen LogP contribution in [0, 0.1) is 5.92 Å². The zero-order chi connectivity index (χ0) is 31.0. The molecule has 1 saturated heterocycles. The molecular formula is C34H35N5O5. The fraction of sp³-hybridized carbons (Fsp3) is 0.294. The smallest absolute Gasteiger partial charge is 0.410 e. The highest BCUT2D eigenvalue weighted by Gasteiger charge is 2.34. The standard InChI is InChI=1S/C34H35N5O5/c1-34(2,3)44-33(42)38-17-21(18-38)19-39-29-12-11-22(24-8-6-9-26-25(24)13-14-36-32(26)35)15-27(29)28(37-39)20-43-30-10-5-4-7-23(30)16-31(40)41/h4-15,21H,16-20H2,1-3H3,(H2,35,36)(H,40,41). The molecule has 1 amide bonds. The fourth-order valence-electron chi connectivity index (χ4n) is 5.65. The van der Waals surface area contributed by atoms with Crippen molar-refractivity contribution >= 4 is 39.6 Å². The van der Waals surface area contributed by atoms with Gasteiger partial charge < -0.3 is 25.2 Å². The van der Waals surface area contributed by atoms with E-state index in [0.717, 1.165) is 38.5 Å². The molecule has 0 atom stereocenters. The van der Waals surface area contributed by atoms with Gasteiger partial charge in [0.2, 0.25) is 0 Å². The number of benzene rings is 3. The van der Waals surface area contributed by atoms with E-state index in [1.165, 1.54) is 0 Å². The van der Waals surface area contributed by atoms with E-state index in [0.29, 0.717) is 36.8 Å². The number of carboxylic acid groups (broad SMARTS) is 1. The number of anilines is 1. The van der Waals surface area contributed by atoms with Crippen molar-refractivity contribution in [2.45, 2.75) is 45.9 Å². The number of ether oxygens (including phenoxy) is 2. The maximum absolute atomic E-state index is 12.5. The van der Waals surface area contributed by atoms with Crippen LogP contribution in [-0.2, 0) is 29.1 Å². The van der Waals surface area contributed by atoms with Crippen molar-refractivity contribution in [3.05, 3.63) is 84.2 Å². The second-order valence-electron chi connectivity index (χ2n) is 12.2. The Balaban J connectivity index is 1.32. The van der Waals surface area contributed by atoms with E-state index in [1.807, 2.05) is 49.7 Å². The molecule has 10 heteroatoms. The van der Waals surface area contributed by atoms with Crippen molar-refractivity contribution in [1.82, 2.24) is 19.7 Å². The van der Waals surface area contributed by atoms with Crippen LogP contribution in [0.1, 0.15) is 32.0 Å². The van der Waals surface area contributed by atoms with E-state index < -0.39 is 11.6 Å². The summed E-state index contributed by atoms with van der Waals surface area (Å²) in [5.41, 5.74) is 9.94. The van der Waals surface area contributed by atoms with E-state index in [4.69, 9.17) is 20.3 Å². The van der Waals surface area contributed by atoms with Gasteiger partial charge in [-0.15, -0.1) is 0 Å². The molecule has 1 fully saturated rings. The Morgan fingerprint density at radius 2 is 1.80 bits per heavy atom. The molecule has 2 aromatic heterocycles. The molecule has 3 aromatic carbocycles. The van der Waals surface area contributed by atoms with Gasteiger partial charge in [0.1, 0.15) is 29.5 Å². The molecule has 0 radical (unpaired) electrons. The number of pyridine rings is 1. The zero-order valence-electron chi connectivity index (χ0n) is 25.0. The van der Waals surface area contributed by atoms with Gasteiger partial charge in [-0.05, 0) is 61.5 Å². The molecule has 44 heavy (non-hydrogen) atoms. The number of amides is 1. The molecule has 226 valence electrons. The molecular weight excluding hydrogens is 558 g/mol. The van der Waals surface area contributed by atoms with Gasteiger partial charge in [0.05, 0.1) is 11.9 Å². The lowest BCUT2D eigenvalue weighted by molar-refractivity contribution is -0.136. The lowest BCUT2D eigenvalue weighted by Gasteiger charge is -2.39. The van der Waals surface area contributed by atoms with E-state index >= 15 is 0 Å². The number of aliphatic carboxylic acids is 1. The second-order valence-corrected chi connectivity index (χ2v) is 12.2. The highest BCUT2D eigenvalue weighted by molar-refractivity contribution is 6.02. The van der Waals surface area contributed by atoms with Crippen LogP contribution in [0.25, 0.3) is 32.8 Å². The van der Waals surface area contributed by atoms with Gasteiger partial charge in [-0.25, -0.2) is 9.78 Å². The first-order chi connectivity index (χ1) is 21.1. The van der Waals surface area contributed by atoms with Crippen LogP contribution in [0.15, 0.2) is 72.9 Å². The number of carboxylic acids is 1. The first kappa shape index (κ1) is 29.0. The number of nitrogens with zero attached hydrogens (tertiary/aromatic N) is 4. The summed E-state index contributed by atoms with van der Waals surface area (Å²) in [5.74, 6) is 0.294. The van der Waals surface area contributed by atoms with E-state index in [1.54, 1.807) is 29.3 Å². The lowest BCUT2D eigenvalue weighted by Crippen LogP contribution is -2.52. The molecule has 1 aliphatic rings. The molecule has 5 aromatic rings. The Hall–Kier alpha value is -5.12. The molecule has 0 aliphatic carbocycles. The van der Waals surface area contributed by atoms with E-state index in [-0.39, 0.29) is 25.0 Å². The third-order valence-electron chi connectivity index (χ3n) is 7.69. The van der Waals surface area contributed by atoms with Gasteiger partial charge >= 0.3 is 12.1 Å². The van der Waals surface area contributed by atoms with Gasteiger partial charge in [-0.1, -0.05) is 42.5 Å². The predicted molar refractivity (Wildman–Crippen MR) is 168 cm³/mol. The van der Waals surface area contributed by atoms with Crippen LogP contribution >= 0.6 is 0 Å². The molecule has 0 spiro atoms. The Kier molecular flexibility index (Phi) is 7.59. The van der Waals surface area contributed by atoms with Crippen LogP contribution in [0.5, 0.6) is 5.75 Å². The maximum atomic E-state index is 12.5. The van der Waals surface area contributed by atoms with Crippen molar-refractivity contribution in [1.29, 1.82) is 0 Å². The Labute approximate surface area is 255 Å². The minimum atomic E-state index is -0.924. The number of carbonyl (C=O) groups is 2. The Bertz CT molecular complexity index is 1870. The predicted octanol–water partition coefficient (Wildman–Crippen LogP) is 5.91. The minimum absolute atomic E-state index is 0.135. The maximum Gasteiger partial charge on any atom is 0.410 e. The third-order valence-corrected chi connectivity index (χ3v) is 7.69. The summed E-state index contributed by atoms with van der Waals surface area (Å²) in [7, 11) is 0. The normalized spacial score (nSPS) is 13.7. The van der Waals surface area contributed by atoms with Gasteiger partial charge in [0.25, 0.3) is 0 Å². The number of rotatable bonds is 8. The third kappa shape index (κ3) is 6.01. The fourth-order valence-corrected chi connectivity index (χ4v) is 5.65. The number of fused-ring (bicyclic) bond motifs is 2. The van der Waals surface area contributed by atoms with Gasteiger partial charge in [0.15, 0.2) is 0 Å². The van der Waals surface area contributed by atoms with Crippen LogP contribution in [-0.4, -0.2) is 55.5 Å². The summed E-state index contributed by atoms with van der Waals surface area (Å²) < 4.78 is 13.7. The van der Waals surface area contributed by atoms with Crippen LogP contribution in [0.4, 0.5) is 10.6 Å². The van der Waals surface area contributed by atoms with Crippen LogP contribution in [0.2, 0.25) is 0 Å². The van der Waals surface area contributed by atoms with Crippen molar-refractivity contribution in [2.75, 3.05) is 18.8 Å². The van der Waals surface area contributed by atoms with E-state index in [2.05, 4.69) is 29.2 Å². The topological polar surface area (TPSA) is 133 Å². The minimum Gasteiger partial charge on any atom is -0.487 e. The van der Waals surface area contributed by atoms with E-state index in [9.17, 15) is 14.7 Å². The molecule has 3 heterocycles. The van der Waals surface area contributed by atoms with Crippen molar-refractivity contribution in [3.8, 4) is 16.9 Å².